The van der Waals surface area contributed by atoms with Gasteiger partial charge in [-0.15, -0.1) is 0 Å². The van der Waals surface area contributed by atoms with Gasteiger partial charge in [-0.25, -0.2) is 0 Å². The third kappa shape index (κ3) is 4.04. The van der Waals surface area contributed by atoms with E-state index in [-0.39, 0.29) is 12.1 Å². The van der Waals surface area contributed by atoms with Crippen molar-refractivity contribution in [3.8, 4) is 0 Å². The van der Waals surface area contributed by atoms with Crippen LogP contribution in [0.25, 0.3) is 0 Å². The average molecular weight is 207 g/mol. The molecule has 1 heterocycles. The van der Waals surface area contributed by atoms with E-state index in [0.29, 0.717) is 0 Å². The molecule has 1 saturated heterocycles. The van der Waals surface area contributed by atoms with Crippen molar-refractivity contribution in [3.63, 3.8) is 0 Å². The number of nitrogens with one attached hydrogen (secondary N) is 3. The van der Waals surface area contributed by atoms with Gasteiger partial charge in [0.25, 0.3) is 10.2 Å². The van der Waals surface area contributed by atoms with E-state index in [0.717, 1.165) is 19.5 Å². The van der Waals surface area contributed by atoms with Crippen LogP contribution in [0, 0.1) is 0 Å². The SMILES string of the molecule is CC(C)NS(=O)(=O)NC1CCNC1. The van der Waals surface area contributed by atoms with Gasteiger partial charge >= 0.3 is 0 Å². The Kier molecular flexibility index (Phi) is 3.66. The summed E-state index contributed by atoms with van der Waals surface area (Å²) in [5, 5.41) is 3.09. The largest absolute Gasteiger partial charge is 0.315 e. The Balaban J connectivity index is 2.41. The molecule has 0 aromatic rings. The highest BCUT2D eigenvalue weighted by molar-refractivity contribution is 7.87. The molecule has 0 saturated carbocycles. The number of hydrogen-bond donors (Lipinski definition) is 3. The average Bonchev–Trinajstić information content (AvgIpc) is 2.34. The Bertz CT molecular complexity index is 244. The van der Waals surface area contributed by atoms with Crippen molar-refractivity contribution < 1.29 is 8.42 Å². The molecule has 0 amide bonds. The van der Waals surface area contributed by atoms with E-state index in [2.05, 4.69) is 14.8 Å². The summed E-state index contributed by atoms with van der Waals surface area (Å²) in [6.07, 6.45) is 0.860. The first-order valence-electron chi connectivity index (χ1n) is 4.50. The van der Waals surface area contributed by atoms with Crippen molar-refractivity contribution in [3.05, 3.63) is 0 Å². The van der Waals surface area contributed by atoms with Gasteiger partial charge in [-0.1, -0.05) is 0 Å². The molecule has 6 heteroatoms. The van der Waals surface area contributed by atoms with E-state index in [9.17, 15) is 8.42 Å². The van der Waals surface area contributed by atoms with Gasteiger partial charge in [-0.05, 0) is 26.8 Å². The molecule has 1 fully saturated rings. The molecule has 1 aliphatic rings. The normalized spacial score (nSPS) is 24.1. The fraction of sp³-hybridized carbons (Fsp3) is 1.00. The van der Waals surface area contributed by atoms with Gasteiger partial charge in [0.15, 0.2) is 0 Å². The molecule has 0 bridgehead atoms. The molecular weight excluding hydrogens is 190 g/mol. The molecule has 1 unspecified atom stereocenters. The van der Waals surface area contributed by atoms with E-state index in [1.807, 2.05) is 0 Å². The van der Waals surface area contributed by atoms with E-state index in [1.165, 1.54) is 0 Å². The molecule has 0 spiro atoms. The zero-order chi connectivity index (χ0) is 9.90. The minimum atomic E-state index is -3.30. The van der Waals surface area contributed by atoms with Crippen LogP contribution in [0.4, 0.5) is 0 Å². The van der Waals surface area contributed by atoms with Gasteiger partial charge in [0, 0.05) is 18.6 Å². The predicted molar refractivity (Wildman–Crippen MR) is 51.6 cm³/mol. The van der Waals surface area contributed by atoms with E-state index in [1.54, 1.807) is 13.8 Å². The van der Waals surface area contributed by atoms with Crippen molar-refractivity contribution in [2.45, 2.75) is 32.4 Å². The van der Waals surface area contributed by atoms with Gasteiger partial charge in [-0.2, -0.15) is 17.9 Å². The molecule has 13 heavy (non-hydrogen) atoms. The first kappa shape index (κ1) is 10.9. The molecule has 0 radical (unpaired) electrons. The van der Waals surface area contributed by atoms with Crippen LogP contribution in [0.3, 0.4) is 0 Å². The lowest BCUT2D eigenvalue weighted by molar-refractivity contribution is 0.536. The standard InChI is InChI=1S/C7H17N3O2S/c1-6(2)9-13(11,12)10-7-3-4-8-5-7/h6-10H,3-5H2,1-2H3. The van der Waals surface area contributed by atoms with Gasteiger partial charge in [0.2, 0.25) is 0 Å². The van der Waals surface area contributed by atoms with Crippen LogP contribution >= 0.6 is 0 Å². The molecule has 1 rings (SSSR count). The highest BCUT2D eigenvalue weighted by atomic mass is 32.2. The summed E-state index contributed by atoms with van der Waals surface area (Å²) in [6, 6.07) is -0.0249. The summed E-state index contributed by atoms with van der Waals surface area (Å²) in [5.74, 6) is 0. The quantitative estimate of drug-likeness (QED) is 0.564. The zero-order valence-corrected chi connectivity index (χ0v) is 8.82. The summed E-state index contributed by atoms with van der Waals surface area (Å²) >= 11 is 0. The van der Waals surface area contributed by atoms with Gasteiger partial charge in [0.1, 0.15) is 0 Å². The second kappa shape index (κ2) is 4.36. The number of hydrogen-bond acceptors (Lipinski definition) is 3. The van der Waals surface area contributed by atoms with E-state index in [4.69, 9.17) is 0 Å². The second-order valence-corrected chi connectivity index (χ2v) is 5.06. The van der Waals surface area contributed by atoms with Crippen molar-refractivity contribution in [2.75, 3.05) is 13.1 Å². The van der Waals surface area contributed by atoms with Crippen molar-refractivity contribution in [2.24, 2.45) is 0 Å². The summed E-state index contributed by atoms with van der Waals surface area (Å²) < 4.78 is 27.8. The predicted octanol–water partition coefficient (Wildman–Crippen LogP) is -0.819. The van der Waals surface area contributed by atoms with Crippen LogP contribution in [0.5, 0.6) is 0 Å². The van der Waals surface area contributed by atoms with Crippen LogP contribution in [0.15, 0.2) is 0 Å². The molecule has 0 aromatic carbocycles. The Morgan fingerprint density at radius 2 is 2.15 bits per heavy atom. The monoisotopic (exact) mass is 207 g/mol. The third-order valence-electron chi connectivity index (χ3n) is 1.77. The lowest BCUT2D eigenvalue weighted by atomic mass is 10.3. The molecular formula is C7H17N3O2S. The first-order chi connectivity index (χ1) is 5.99. The van der Waals surface area contributed by atoms with Crippen LogP contribution in [-0.2, 0) is 10.2 Å². The first-order valence-corrected chi connectivity index (χ1v) is 5.98. The van der Waals surface area contributed by atoms with E-state index >= 15 is 0 Å². The Morgan fingerprint density at radius 1 is 1.46 bits per heavy atom. The molecule has 78 valence electrons. The minimum absolute atomic E-state index is 0.0382. The highest BCUT2D eigenvalue weighted by Gasteiger charge is 2.20. The molecule has 0 aliphatic carbocycles. The van der Waals surface area contributed by atoms with Crippen LogP contribution in [0.2, 0.25) is 0 Å². The lowest BCUT2D eigenvalue weighted by Crippen LogP contribution is -2.45. The van der Waals surface area contributed by atoms with Crippen molar-refractivity contribution >= 4 is 10.2 Å². The Hall–Kier alpha value is -0.170. The van der Waals surface area contributed by atoms with Crippen molar-refractivity contribution in [1.29, 1.82) is 0 Å². The minimum Gasteiger partial charge on any atom is -0.315 e. The Morgan fingerprint density at radius 3 is 2.62 bits per heavy atom. The fourth-order valence-electron chi connectivity index (χ4n) is 1.32. The molecule has 5 nitrogen and oxygen atoms in total. The topological polar surface area (TPSA) is 70.2 Å². The zero-order valence-electron chi connectivity index (χ0n) is 8.00. The third-order valence-corrected chi connectivity index (χ3v) is 3.20. The number of rotatable bonds is 4. The molecule has 3 N–H and O–H groups in total. The fourth-order valence-corrected chi connectivity index (χ4v) is 2.65. The maximum Gasteiger partial charge on any atom is 0.277 e. The van der Waals surface area contributed by atoms with Crippen LogP contribution < -0.4 is 14.8 Å². The molecule has 0 aromatic heterocycles. The van der Waals surface area contributed by atoms with Gasteiger partial charge in [-0.3, -0.25) is 0 Å². The maximum atomic E-state index is 11.3. The van der Waals surface area contributed by atoms with E-state index < -0.39 is 10.2 Å². The van der Waals surface area contributed by atoms with Crippen LogP contribution in [0.1, 0.15) is 20.3 Å². The maximum absolute atomic E-state index is 11.3. The lowest BCUT2D eigenvalue weighted by Gasteiger charge is -2.14. The second-order valence-electron chi connectivity index (χ2n) is 3.58. The van der Waals surface area contributed by atoms with Gasteiger partial charge in [0.05, 0.1) is 0 Å². The molecule has 1 atom stereocenters. The highest BCUT2D eigenvalue weighted by Crippen LogP contribution is 1.98. The summed E-state index contributed by atoms with van der Waals surface area (Å²) in [5.41, 5.74) is 0. The Labute approximate surface area is 79.5 Å². The summed E-state index contributed by atoms with van der Waals surface area (Å²) in [7, 11) is -3.30. The molecule has 1 aliphatic heterocycles. The van der Waals surface area contributed by atoms with Crippen molar-refractivity contribution in [1.82, 2.24) is 14.8 Å². The summed E-state index contributed by atoms with van der Waals surface area (Å²) in [6.45, 7) is 5.20. The van der Waals surface area contributed by atoms with Crippen LogP contribution in [-0.4, -0.2) is 33.6 Å². The smallest absolute Gasteiger partial charge is 0.277 e. The van der Waals surface area contributed by atoms with Gasteiger partial charge < -0.3 is 5.32 Å². The summed E-state index contributed by atoms with van der Waals surface area (Å²) in [4.78, 5) is 0.